The molecule has 0 aromatic carbocycles. The van der Waals surface area contributed by atoms with Crippen molar-refractivity contribution < 1.29 is 0 Å². The molecule has 0 saturated carbocycles. The first kappa shape index (κ1) is 12.5. The standard InChI is InChI=1S/C10H20N4S/c1-10(2,3)15-7-9(13-11)8-5-12-14(4)6-8/h5-6,9,13H,7,11H2,1-4H3. The van der Waals surface area contributed by atoms with Gasteiger partial charge in [-0.15, -0.1) is 0 Å². The highest BCUT2D eigenvalue weighted by Crippen LogP contribution is 2.27. The first-order chi connectivity index (χ1) is 6.92. The summed E-state index contributed by atoms with van der Waals surface area (Å²) < 4.78 is 2.05. The molecule has 0 aliphatic carbocycles. The summed E-state index contributed by atoms with van der Waals surface area (Å²) in [5.74, 6) is 6.49. The van der Waals surface area contributed by atoms with Gasteiger partial charge in [0, 0.05) is 29.3 Å². The van der Waals surface area contributed by atoms with Gasteiger partial charge in [-0.25, -0.2) is 0 Å². The van der Waals surface area contributed by atoms with Crippen molar-refractivity contribution in [3.05, 3.63) is 18.0 Å². The van der Waals surface area contributed by atoms with Crippen LogP contribution in [0.15, 0.2) is 12.4 Å². The topological polar surface area (TPSA) is 55.9 Å². The molecule has 1 heterocycles. The van der Waals surface area contributed by atoms with Crippen molar-refractivity contribution in [1.82, 2.24) is 15.2 Å². The molecule has 0 saturated heterocycles. The Labute approximate surface area is 95.6 Å². The van der Waals surface area contributed by atoms with Crippen LogP contribution in [0.3, 0.4) is 0 Å². The summed E-state index contributed by atoms with van der Waals surface area (Å²) in [6.07, 6.45) is 3.85. The van der Waals surface area contributed by atoms with E-state index in [2.05, 4.69) is 31.3 Å². The lowest BCUT2D eigenvalue weighted by Gasteiger charge is -2.21. The Kier molecular flexibility index (Phi) is 4.19. The van der Waals surface area contributed by atoms with Gasteiger partial charge in [0.1, 0.15) is 0 Å². The van der Waals surface area contributed by atoms with E-state index in [-0.39, 0.29) is 10.8 Å². The van der Waals surface area contributed by atoms with Crippen LogP contribution in [0.25, 0.3) is 0 Å². The average Bonchev–Trinajstić information content (AvgIpc) is 2.51. The number of aryl methyl sites for hydroxylation is 1. The predicted octanol–water partition coefficient (Wildman–Crippen LogP) is 1.46. The zero-order valence-electron chi connectivity index (χ0n) is 9.82. The van der Waals surface area contributed by atoms with Crippen LogP contribution in [0.1, 0.15) is 32.4 Å². The highest BCUT2D eigenvalue weighted by Gasteiger charge is 2.17. The Hall–Kier alpha value is -0.520. The van der Waals surface area contributed by atoms with Gasteiger partial charge < -0.3 is 0 Å². The molecule has 1 atom stereocenters. The fourth-order valence-corrected chi connectivity index (χ4v) is 2.15. The molecule has 1 unspecified atom stereocenters. The highest BCUT2D eigenvalue weighted by atomic mass is 32.2. The van der Waals surface area contributed by atoms with Gasteiger partial charge in [0.2, 0.25) is 0 Å². The van der Waals surface area contributed by atoms with Crippen molar-refractivity contribution in [3.63, 3.8) is 0 Å². The third kappa shape index (κ3) is 4.24. The highest BCUT2D eigenvalue weighted by molar-refractivity contribution is 8.00. The van der Waals surface area contributed by atoms with Crippen molar-refractivity contribution >= 4 is 11.8 Å². The van der Waals surface area contributed by atoms with E-state index in [0.29, 0.717) is 0 Å². The second kappa shape index (κ2) is 5.01. The fourth-order valence-electron chi connectivity index (χ4n) is 1.19. The third-order valence-electron chi connectivity index (χ3n) is 2.01. The van der Waals surface area contributed by atoms with E-state index >= 15 is 0 Å². The van der Waals surface area contributed by atoms with E-state index in [1.54, 1.807) is 4.68 Å². The summed E-state index contributed by atoms with van der Waals surface area (Å²) in [7, 11) is 1.91. The molecule has 0 aliphatic rings. The maximum absolute atomic E-state index is 5.54. The average molecular weight is 228 g/mol. The number of hydrazine groups is 1. The molecule has 1 aromatic heterocycles. The third-order valence-corrected chi connectivity index (χ3v) is 3.38. The number of nitrogens with one attached hydrogen (secondary N) is 1. The molecule has 0 bridgehead atoms. The van der Waals surface area contributed by atoms with Crippen LogP contribution in [0.2, 0.25) is 0 Å². The maximum Gasteiger partial charge on any atom is 0.0581 e. The van der Waals surface area contributed by atoms with Crippen molar-refractivity contribution in [2.45, 2.75) is 31.6 Å². The zero-order chi connectivity index (χ0) is 11.5. The number of hydrogen-bond donors (Lipinski definition) is 2. The van der Waals surface area contributed by atoms with E-state index < -0.39 is 0 Å². The van der Waals surface area contributed by atoms with Gasteiger partial charge in [-0.1, -0.05) is 20.8 Å². The summed E-state index contributed by atoms with van der Waals surface area (Å²) in [5, 5.41) is 4.14. The van der Waals surface area contributed by atoms with Gasteiger partial charge in [0.15, 0.2) is 0 Å². The SMILES string of the molecule is Cn1cc(C(CSC(C)(C)C)NN)cn1. The molecule has 0 radical (unpaired) electrons. The molecule has 4 nitrogen and oxygen atoms in total. The summed E-state index contributed by atoms with van der Waals surface area (Å²) in [6.45, 7) is 6.61. The largest absolute Gasteiger partial charge is 0.275 e. The van der Waals surface area contributed by atoms with Crippen molar-refractivity contribution in [1.29, 1.82) is 0 Å². The Morgan fingerprint density at radius 3 is 2.67 bits per heavy atom. The van der Waals surface area contributed by atoms with Gasteiger partial charge in [0.25, 0.3) is 0 Å². The van der Waals surface area contributed by atoms with E-state index in [4.69, 9.17) is 5.84 Å². The number of hydrogen-bond acceptors (Lipinski definition) is 4. The van der Waals surface area contributed by atoms with Crippen LogP contribution in [0.4, 0.5) is 0 Å². The van der Waals surface area contributed by atoms with Crippen molar-refractivity contribution in [3.8, 4) is 0 Å². The summed E-state index contributed by atoms with van der Waals surface area (Å²) >= 11 is 1.89. The van der Waals surface area contributed by atoms with Gasteiger partial charge in [-0.2, -0.15) is 16.9 Å². The number of nitrogens with zero attached hydrogens (tertiary/aromatic N) is 2. The minimum absolute atomic E-state index is 0.169. The molecular formula is C10H20N4S. The first-order valence-electron chi connectivity index (χ1n) is 5.01. The predicted molar refractivity (Wildman–Crippen MR) is 65.5 cm³/mol. The molecule has 0 amide bonds. The number of rotatable bonds is 4. The molecular weight excluding hydrogens is 208 g/mol. The quantitative estimate of drug-likeness (QED) is 0.605. The lowest BCUT2D eigenvalue weighted by atomic mass is 10.2. The monoisotopic (exact) mass is 228 g/mol. The Balaban J connectivity index is 2.57. The Morgan fingerprint density at radius 2 is 2.27 bits per heavy atom. The van der Waals surface area contributed by atoms with Crippen molar-refractivity contribution in [2.24, 2.45) is 12.9 Å². The van der Waals surface area contributed by atoms with Crippen LogP contribution in [-0.4, -0.2) is 20.3 Å². The Bertz CT molecular complexity index is 303. The number of nitrogens with two attached hydrogens (primary N) is 1. The van der Waals surface area contributed by atoms with Gasteiger partial charge >= 0.3 is 0 Å². The normalized spacial score (nSPS) is 14.2. The first-order valence-corrected chi connectivity index (χ1v) is 5.99. The van der Waals surface area contributed by atoms with Crippen LogP contribution >= 0.6 is 11.8 Å². The van der Waals surface area contributed by atoms with Crippen LogP contribution < -0.4 is 11.3 Å². The molecule has 3 N–H and O–H groups in total. The van der Waals surface area contributed by atoms with Gasteiger partial charge in [0.05, 0.1) is 12.2 Å². The molecule has 1 rings (SSSR count). The Morgan fingerprint density at radius 1 is 1.60 bits per heavy atom. The molecule has 0 spiro atoms. The van der Waals surface area contributed by atoms with E-state index in [1.165, 1.54) is 0 Å². The van der Waals surface area contributed by atoms with E-state index in [9.17, 15) is 0 Å². The van der Waals surface area contributed by atoms with Crippen LogP contribution in [-0.2, 0) is 7.05 Å². The summed E-state index contributed by atoms with van der Waals surface area (Å²) in [4.78, 5) is 0. The second-order valence-electron chi connectivity index (χ2n) is 4.59. The minimum Gasteiger partial charge on any atom is -0.275 e. The summed E-state index contributed by atoms with van der Waals surface area (Å²) in [5.41, 5.74) is 3.97. The fraction of sp³-hybridized carbons (Fsp3) is 0.700. The number of aromatic nitrogens is 2. The lowest BCUT2D eigenvalue weighted by molar-refractivity contribution is 0.607. The second-order valence-corrected chi connectivity index (χ2v) is 6.44. The van der Waals surface area contributed by atoms with Crippen LogP contribution in [0.5, 0.6) is 0 Å². The molecule has 1 aromatic rings. The van der Waals surface area contributed by atoms with E-state index in [0.717, 1.165) is 11.3 Å². The zero-order valence-corrected chi connectivity index (χ0v) is 10.6. The van der Waals surface area contributed by atoms with Crippen LogP contribution in [0, 0.1) is 0 Å². The molecule has 0 fully saturated rings. The lowest BCUT2D eigenvalue weighted by Crippen LogP contribution is -2.30. The summed E-state index contributed by atoms with van der Waals surface area (Å²) in [6, 6.07) is 0.169. The molecule has 86 valence electrons. The van der Waals surface area contributed by atoms with E-state index in [1.807, 2.05) is 31.2 Å². The molecule has 15 heavy (non-hydrogen) atoms. The smallest absolute Gasteiger partial charge is 0.0581 e. The minimum atomic E-state index is 0.169. The van der Waals surface area contributed by atoms with Gasteiger partial charge in [-0.3, -0.25) is 16.0 Å². The molecule has 0 aliphatic heterocycles. The maximum atomic E-state index is 5.54. The van der Waals surface area contributed by atoms with Crippen molar-refractivity contribution in [2.75, 3.05) is 5.75 Å². The number of thioether (sulfide) groups is 1. The molecule has 5 heteroatoms. The van der Waals surface area contributed by atoms with Gasteiger partial charge in [-0.05, 0) is 0 Å².